The number of aryl methyl sites for hydroxylation is 1. The number of methoxy groups -OCH3 is 1. The molecule has 96 valence electrons. The molecule has 2 aromatic rings. The molecule has 0 fully saturated rings. The van der Waals surface area contributed by atoms with Gasteiger partial charge in [-0.15, -0.1) is 11.3 Å². The maximum Gasteiger partial charge on any atom is 0.124 e. The third kappa shape index (κ3) is 2.60. The molecule has 0 saturated heterocycles. The minimum atomic E-state index is -0.132. The molecular weight excluding hydrogens is 310 g/mol. The van der Waals surface area contributed by atoms with Crippen molar-refractivity contribution >= 4 is 27.3 Å². The second-order valence-corrected chi connectivity index (χ2v) is 5.89. The van der Waals surface area contributed by atoms with E-state index in [4.69, 9.17) is 10.5 Å². The van der Waals surface area contributed by atoms with E-state index in [1.54, 1.807) is 18.4 Å². The summed E-state index contributed by atoms with van der Waals surface area (Å²) >= 11 is 5.19. The molecule has 0 spiro atoms. The number of halogens is 1. The van der Waals surface area contributed by atoms with Gasteiger partial charge in [0.25, 0.3) is 0 Å². The van der Waals surface area contributed by atoms with Crippen LogP contribution in [0.15, 0.2) is 34.1 Å². The molecule has 2 nitrogen and oxygen atoms in total. The molecule has 2 N–H and O–H groups in total. The zero-order valence-corrected chi connectivity index (χ0v) is 12.8. The fourth-order valence-corrected chi connectivity index (χ4v) is 3.40. The Kier molecular flexibility index (Phi) is 4.43. The Morgan fingerprint density at radius 3 is 2.83 bits per heavy atom. The van der Waals surface area contributed by atoms with E-state index in [2.05, 4.69) is 34.3 Å². The van der Waals surface area contributed by atoms with E-state index in [1.165, 1.54) is 10.4 Å². The van der Waals surface area contributed by atoms with E-state index in [0.29, 0.717) is 0 Å². The first-order valence-electron chi connectivity index (χ1n) is 5.82. The monoisotopic (exact) mass is 325 g/mol. The molecule has 0 aliphatic rings. The van der Waals surface area contributed by atoms with Gasteiger partial charge in [0, 0.05) is 14.9 Å². The summed E-state index contributed by atoms with van der Waals surface area (Å²) in [5, 5.41) is 2.10. The summed E-state index contributed by atoms with van der Waals surface area (Å²) in [5.74, 6) is 0.834. The Bertz CT molecular complexity index is 538. The second kappa shape index (κ2) is 5.87. The number of thiophene rings is 1. The van der Waals surface area contributed by atoms with Crippen molar-refractivity contribution in [3.05, 3.63) is 50.1 Å². The third-order valence-corrected chi connectivity index (χ3v) is 4.51. The van der Waals surface area contributed by atoms with Gasteiger partial charge in [-0.3, -0.25) is 0 Å². The molecule has 2 rings (SSSR count). The normalized spacial score (nSPS) is 12.4. The van der Waals surface area contributed by atoms with Crippen LogP contribution in [0.25, 0.3) is 0 Å². The van der Waals surface area contributed by atoms with Crippen LogP contribution < -0.4 is 10.5 Å². The van der Waals surface area contributed by atoms with E-state index in [0.717, 1.165) is 22.2 Å². The SMILES string of the molecule is CCc1ccsc1C(N)c1cc(Br)ccc1OC. The van der Waals surface area contributed by atoms with Gasteiger partial charge in [0.05, 0.1) is 13.2 Å². The molecule has 0 aliphatic heterocycles. The van der Waals surface area contributed by atoms with Crippen LogP contribution in [0, 0.1) is 0 Å². The number of hydrogen-bond acceptors (Lipinski definition) is 3. The maximum atomic E-state index is 6.39. The molecule has 1 unspecified atom stereocenters. The molecule has 0 aliphatic carbocycles. The van der Waals surface area contributed by atoms with E-state index < -0.39 is 0 Å². The van der Waals surface area contributed by atoms with Crippen molar-refractivity contribution in [2.75, 3.05) is 7.11 Å². The molecule has 0 amide bonds. The van der Waals surface area contributed by atoms with Crippen LogP contribution in [0.2, 0.25) is 0 Å². The lowest BCUT2D eigenvalue weighted by Gasteiger charge is -2.16. The Hall–Kier alpha value is -0.840. The van der Waals surface area contributed by atoms with Gasteiger partial charge in [-0.05, 0) is 41.6 Å². The first-order valence-corrected chi connectivity index (χ1v) is 7.50. The van der Waals surface area contributed by atoms with Gasteiger partial charge >= 0.3 is 0 Å². The lowest BCUT2D eigenvalue weighted by Crippen LogP contribution is -2.13. The molecule has 1 heterocycles. The van der Waals surface area contributed by atoms with Crippen LogP contribution in [0.3, 0.4) is 0 Å². The van der Waals surface area contributed by atoms with E-state index in [9.17, 15) is 0 Å². The Balaban J connectivity index is 2.45. The maximum absolute atomic E-state index is 6.39. The zero-order chi connectivity index (χ0) is 13.1. The number of nitrogens with two attached hydrogens (primary N) is 1. The molecule has 0 radical (unpaired) electrons. The van der Waals surface area contributed by atoms with Gasteiger partial charge in [-0.25, -0.2) is 0 Å². The summed E-state index contributed by atoms with van der Waals surface area (Å²) in [4.78, 5) is 1.22. The van der Waals surface area contributed by atoms with E-state index >= 15 is 0 Å². The highest BCUT2D eigenvalue weighted by atomic mass is 79.9. The lowest BCUT2D eigenvalue weighted by atomic mass is 10.0. The van der Waals surface area contributed by atoms with Gasteiger partial charge in [0.15, 0.2) is 0 Å². The average Bonchev–Trinajstić information content (AvgIpc) is 2.86. The summed E-state index contributed by atoms with van der Waals surface area (Å²) < 4.78 is 6.41. The second-order valence-electron chi connectivity index (χ2n) is 4.03. The van der Waals surface area contributed by atoms with Crippen molar-refractivity contribution in [2.45, 2.75) is 19.4 Å². The lowest BCUT2D eigenvalue weighted by molar-refractivity contribution is 0.408. The molecule has 1 atom stereocenters. The van der Waals surface area contributed by atoms with Crippen molar-refractivity contribution in [1.82, 2.24) is 0 Å². The van der Waals surface area contributed by atoms with Crippen molar-refractivity contribution in [1.29, 1.82) is 0 Å². The largest absolute Gasteiger partial charge is 0.496 e. The molecular formula is C14H16BrNOS. The van der Waals surface area contributed by atoms with Crippen molar-refractivity contribution in [2.24, 2.45) is 5.73 Å². The molecule has 18 heavy (non-hydrogen) atoms. The van der Waals surface area contributed by atoms with Crippen molar-refractivity contribution < 1.29 is 4.74 Å². The van der Waals surface area contributed by atoms with Crippen LogP contribution in [-0.2, 0) is 6.42 Å². The Morgan fingerprint density at radius 1 is 1.39 bits per heavy atom. The molecule has 4 heteroatoms. The molecule has 1 aromatic carbocycles. The molecule has 0 bridgehead atoms. The first kappa shape index (κ1) is 13.6. The van der Waals surface area contributed by atoms with Gasteiger partial charge in [-0.2, -0.15) is 0 Å². The molecule has 0 saturated carbocycles. The number of ether oxygens (including phenoxy) is 1. The predicted molar refractivity (Wildman–Crippen MR) is 80.4 cm³/mol. The van der Waals surface area contributed by atoms with Crippen LogP contribution in [-0.4, -0.2) is 7.11 Å². The summed E-state index contributed by atoms with van der Waals surface area (Å²) in [6, 6.07) is 7.95. The van der Waals surface area contributed by atoms with Crippen LogP contribution in [0.4, 0.5) is 0 Å². The smallest absolute Gasteiger partial charge is 0.124 e. The average molecular weight is 326 g/mol. The minimum Gasteiger partial charge on any atom is -0.496 e. The fourth-order valence-electron chi connectivity index (χ4n) is 2.00. The van der Waals surface area contributed by atoms with Crippen LogP contribution in [0.5, 0.6) is 5.75 Å². The number of rotatable bonds is 4. The van der Waals surface area contributed by atoms with Crippen LogP contribution >= 0.6 is 27.3 Å². The zero-order valence-electron chi connectivity index (χ0n) is 10.4. The highest BCUT2D eigenvalue weighted by Gasteiger charge is 2.18. The quantitative estimate of drug-likeness (QED) is 0.917. The van der Waals surface area contributed by atoms with Crippen LogP contribution in [0.1, 0.15) is 29.0 Å². The summed E-state index contributed by atoms with van der Waals surface area (Å²) in [6.07, 6.45) is 1.00. The number of benzene rings is 1. The molecule has 1 aromatic heterocycles. The summed E-state index contributed by atoms with van der Waals surface area (Å²) in [6.45, 7) is 2.15. The summed E-state index contributed by atoms with van der Waals surface area (Å²) in [7, 11) is 1.68. The predicted octanol–water partition coefficient (Wildman–Crippen LogP) is 4.13. The Morgan fingerprint density at radius 2 is 2.17 bits per heavy atom. The van der Waals surface area contributed by atoms with Gasteiger partial charge in [0.2, 0.25) is 0 Å². The van der Waals surface area contributed by atoms with Gasteiger partial charge in [-0.1, -0.05) is 22.9 Å². The highest BCUT2D eigenvalue weighted by Crippen LogP contribution is 2.34. The standard InChI is InChI=1S/C14H16BrNOS/c1-3-9-6-7-18-14(9)13(16)11-8-10(15)4-5-12(11)17-2/h4-8,13H,3,16H2,1-2H3. The van der Waals surface area contributed by atoms with Crippen molar-refractivity contribution in [3.8, 4) is 5.75 Å². The Labute approximate surface area is 120 Å². The van der Waals surface area contributed by atoms with Gasteiger partial charge < -0.3 is 10.5 Å². The first-order chi connectivity index (χ1) is 8.67. The minimum absolute atomic E-state index is 0.132. The van der Waals surface area contributed by atoms with Gasteiger partial charge in [0.1, 0.15) is 5.75 Å². The van der Waals surface area contributed by atoms with E-state index in [1.807, 2.05) is 18.2 Å². The fraction of sp³-hybridized carbons (Fsp3) is 0.286. The highest BCUT2D eigenvalue weighted by molar-refractivity contribution is 9.10. The van der Waals surface area contributed by atoms with Crippen molar-refractivity contribution in [3.63, 3.8) is 0 Å². The third-order valence-electron chi connectivity index (χ3n) is 2.97. The van der Waals surface area contributed by atoms with E-state index in [-0.39, 0.29) is 6.04 Å². The topological polar surface area (TPSA) is 35.2 Å². The summed E-state index contributed by atoms with van der Waals surface area (Å²) in [5.41, 5.74) is 8.72. The number of hydrogen-bond donors (Lipinski definition) is 1.